The molecule has 5 rings (SSSR count). The van der Waals surface area contributed by atoms with E-state index < -0.39 is 0 Å². The van der Waals surface area contributed by atoms with Gasteiger partial charge in [0.25, 0.3) is 0 Å². The van der Waals surface area contributed by atoms with Crippen molar-refractivity contribution in [3.8, 4) is 6.07 Å². The van der Waals surface area contributed by atoms with Crippen molar-refractivity contribution < 1.29 is 9.53 Å². The summed E-state index contributed by atoms with van der Waals surface area (Å²) in [6, 6.07) is 10.1. The van der Waals surface area contributed by atoms with Crippen LogP contribution in [0.2, 0.25) is 0 Å². The number of nitriles is 1. The largest absolute Gasteiger partial charge is 0.379 e. The van der Waals surface area contributed by atoms with Gasteiger partial charge >= 0.3 is 0 Å². The number of anilines is 1. The van der Waals surface area contributed by atoms with Gasteiger partial charge in [0.15, 0.2) is 0 Å². The minimum absolute atomic E-state index is 0.0135. The van der Waals surface area contributed by atoms with Gasteiger partial charge in [-0.2, -0.15) is 5.26 Å². The molecule has 1 aromatic carbocycles. The molecule has 3 heterocycles. The molecule has 1 saturated carbocycles. The molecule has 7 nitrogen and oxygen atoms in total. The predicted molar refractivity (Wildman–Crippen MR) is 119 cm³/mol. The van der Waals surface area contributed by atoms with Crippen LogP contribution in [0.1, 0.15) is 18.4 Å². The van der Waals surface area contributed by atoms with Crippen molar-refractivity contribution in [2.45, 2.75) is 12.8 Å². The van der Waals surface area contributed by atoms with Gasteiger partial charge < -0.3 is 15.0 Å². The zero-order chi connectivity index (χ0) is 21.2. The number of benzene rings is 1. The molecule has 1 amide bonds. The molecular formula is C24H29N5O2. The van der Waals surface area contributed by atoms with Crippen molar-refractivity contribution in [2.24, 2.45) is 17.8 Å². The van der Waals surface area contributed by atoms with Gasteiger partial charge in [0.05, 0.1) is 30.2 Å². The Kier molecular flexibility index (Phi) is 5.75. The number of fused-ring (bicyclic) bond motifs is 1. The Labute approximate surface area is 183 Å². The number of hydrogen-bond acceptors (Lipinski definition) is 6. The quantitative estimate of drug-likeness (QED) is 0.772. The van der Waals surface area contributed by atoms with Crippen LogP contribution in [0.3, 0.4) is 0 Å². The summed E-state index contributed by atoms with van der Waals surface area (Å²) in [4.78, 5) is 22.3. The summed E-state index contributed by atoms with van der Waals surface area (Å²) in [6.45, 7) is 6.63. The highest BCUT2D eigenvalue weighted by atomic mass is 16.5. The van der Waals surface area contributed by atoms with Crippen molar-refractivity contribution in [3.05, 3.63) is 36.0 Å². The maximum absolute atomic E-state index is 13.1. The van der Waals surface area contributed by atoms with Crippen molar-refractivity contribution in [3.63, 3.8) is 0 Å². The number of ether oxygens (including phenoxy) is 1. The van der Waals surface area contributed by atoms with Crippen molar-refractivity contribution >= 4 is 22.5 Å². The highest BCUT2D eigenvalue weighted by molar-refractivity contribution is 5.95. The second-order valence-corrected chi connectivity index (χ2v) is 8.90. The van der Waals surface area contributed by atoms with Crippen LogP contribution in [0.4, 0.5) is 5.69 Å². The Bertz CT molecular complexity index is 993. The van der Waals surface area contributed by atoms with E-state index in [2.05, 4.69) is 26.2 Å². The Morgan fingerprint density at radius 2 is 2.06 bits per heavy atom. The predicted octanol–water partition coefficient (Wildman–Crippen LogP) is 2.02. The topological polar surface area (TPSA) is 81.5 Å². The SMILES string of the molecule is N#Cc1ccc(N2C[C@H](C(=O)NCCN3CCOCC3)[C@@H](C3CC3)C2)c2cccnc12. The fraction of sp³-hybridized carbons (Fsp3) is 0.542. The number of nitrogens with one attached hydrogen (secondary N) is 1. The molecule has 0 radical (unpaired) electrons. The minimum atomic E-state index is 0.0135. The number of hydrogen-bond donors (Lipinski definition) is 1. The van der Waals surface area contributed by atoms with Gasteiger partial charge in [-0.15, -0.1) is 0 Å². The Balaban J connectivity index is 1.30. The van der Waals surface area contributed by atoms with Crippen LogP contribution in [0, 0.1) is 29.1 Å². The maximum atomic E-state index is 13.1. The van der Waals surface area contributed by atoms with Crippen molar-refractivity contribution in [2.75, 3.05) is 57.4 Å². The lowest BCUT2D eigenvalue weighted by atomic mass is 9.91. The smallest absolute Gasteiger partial charge is 0.225 e. The van der Waals surface area contributed by atoms with Crippen molar-refractivity contribution in [1.82, 2.24) is 15.2 Å². The van der Waals surface area contributed by atoms with E-state index in [4.69, 9.17) is 4.74 Å². The molecule has 1 N–H and O–H groups in total. The number of carbonyl (C=O) groups is 1. The van der Waals surface area contributed by atoms with Crippen LogP contribution < -0.4 is 10.2 Å². The lowest BCUT2D eigenvalue weighted by molar-refractivity contribution is -0.125. The normalized spacial score (nSPS) is 24.3. The van der Waals surface area contributed by atoms with Gasteiger partial charge in [-0.05, 0) is 48.9 Å². The molecule has 162 valence electrons. The lowest BCUT2D eigenvalue weighted by Gasteiger charge is -2.27. The Morgan fingerprint density at radius 1 is 1.23 bits per heavy atom. The first-order valence-corrected chi connectivity index (χ1v) is 11.3. The summed E-state index contributed by atoms with van der Waals surface area (Å²) < 4.78 is 5.40. The molecule has 31 heavy (non-hydrogen) atoms. The molecule has 2 atom stereocenters. The van der Waals surface area contributed by atoms with Gasteiger partial charge in [-0.1, -0.05) is 0 Å². The van der Waals surface area contributed by atoms with Crippen LogP contribution in [-0.2, 0) is 9.53 Å². The molecule has 0 spiro atoms. The van der Waals surface area contributed by atoms with Crippen molar-refractivity contribution in [1.29, 1.82) is 5.26 Å². The highest BCUT2D eigenvalue weighted by Crippen LogP contribution is 2.45. The number of pyridine rings is 1. The molecule has 2 saturated heterocycles. The third kappa shape index (κ3) is 4.23. The second-order valence-electron chi connectivity index (χ2n) is 8.90. The number of carbonyl (C=O) groups excluding carboxylic acids is 1. The summed E-state index contributed by atoms with van der Waals surface area (Å²) in [5, 5.41) is 13.6. The number of rotatable bonds is 6. The summed E-state index contributed by atoms with van der Waals surface area (Å²) in [5.41, 5.74) is 2.41. The van der Waals surface area contributed by atoms with Gasteiger partial charge in [0.1, 0.15) is 6.07 Å². The van der Waals surface area contributed by atoms with Crippen LogP contribution in [-0.4, -0.2) is 68.3 Å². The van der Waals surface area contributed by atoms with E-state index in [1.54, 1.807) is 6.20 Å². The van der Waals surface area contributed by atoms with Gasteiger partial charge in [0, 0.05) is 56.5 Å². The molecule has 7 heteroatoms. The molecule has 2 aromatic rings. The Hall–Kier alpha value is -2.69. The van der Waals surface area contributed by atoms with E-state index in [1.807, 2.05) is 24.3 Å². The highest BCUT2D eigenvalue weighted by Gasteiger charge is 2.45. The van der Waals surface area contributed by atoms with E-state index >= 15 is 0 Å². The third-order valence-electron chi connectivity index (χ3n) is 6.97. The maximum Gasteiger partial charge on any atom is 0.225 e. The Morgan fingerprint density at radius 3 is 2.84 bits per heavy atom. The summed E-state index contributed by atoms with van der Waals surface area (Å²) in [7, 11) is 0. The number of nitrogens with zero attached hydrogens (tertiary/aromatic N) is 4. The molecule has 1 aromatic heterocycles. The fourth-order valence-corrected chi connectivity index (χ4v) is 5.12. The van der Waals surface area contributed by atoms with E-state index in [-0.39, 0.29) is 11.8 Å². The zero-order valence-corrected chi connectivity index (χ0v) is 17.8. The molecule has 0 unspecified atom stereocenters. The van der Waals surface area contributed by atoms with E-state index in [0.717, 1.165) is 62.5 Å². The van der Waals surface area contributed by atoms with E-state index in [9.17, 15) is 10.1 Å². The number of aromatic nitrogens is 1. The number of amides is 1. The molecule has 1 aliphatic carbocycles. The van der Waals surface area contributed by atoms with Crippen LogP contribution in [0.5, 0.6) is 0 Å². The molecule has 2 aliphatic heterocycles. The summed E-state index contributed by atoms with van der Waals surface area (Å²) in [6.07, 6.45) is 4.19. The number of morpholine rings is 1. The fourth-order valence-electron chi connectivity index (χ4n) is 5.12. The van der Waals surface area contributed by atoms with Gasteiger partial charge in [-0.3, -0.25) is 14.7 Å². The minimum Gasteiger partial charge on any atom is -0.379 e. The molecule has 3 aliphatic rings. The molecule has 0 bridgehead atoms. The first-order chi connectivity index (χ1) is 15.2. The van der Waals surface area contributed by atoms with E-state index in [1.165, 1.54) is 12.8 Å². The van der Waals surface area contributed by atoms with Crippen LogP contribution in [0.15, 0.2) is 30.5 Å². The summed E-state index contributed by atoms with van der Waals surface area (Å²) >= 11 is 0. The van der Waals surface area contributed by atoms with Gasteiger partial charge in [0.2, 0.25) is 5.91 Å². The van der Waals surface area contributed by atoms with Gasteiger partial charge in [-0.25, -0.2) is 0 Å². The average Bonchev–Trinajstić information content (AvgIpc) is 3.57. The molecule has 3 fully saturated rings. The zero-order valence-electron chi connectivity index (χ0n) is 17.8. The first kappa shape index (κ1) is 20.2. The second kappa shape index (κ2) is 8.81. The first-order valence-electron chi connectivity index (χ1n) is 11.3. The monoisotopic (exact) mass is 419 g/mol. The average molecular weight is 420 g/mol. The van der Waals surface area contributed by atoms with Crippen LogP contribution >= 0.6 is 0 Å². The third-order valence-corrected chi connectivity index (χ3v) is 6.97. The lowest BCUT2D eigenvalue weighted by Crippen LogP contribution is -2.43. The standard InChI is InChI=1S/C24H29N5O2/c25-14-18-5-6-22(19-2-1-7-26-23(18)19)29-15-20(17-3-4-17)21(16-29)24(30)27-8-9-28-10-12-31-13-11-28/h1-2,5-7,17,20-21H,3-4,8-13,15-16H2,(H,27,30)/t20-,21+/m1/s1. The van der Waals surface area contributed by atoms with Crippen LogP contribution in [0.25, 0.3) is 10.9 Å². The van der Waals surface area contributed by atoms with E-state index in [0.29, 0.717) is 23.9 Å². The summed E-state index contributed by atoms with van der Waals surface area (Å²) in [5.74, 6) is 1.25. The molecular weight excluding hydrogens is 390 g/mol.